The van der Waals surface area contributed by atoms with Crippen LogP contribution in [-0.4, -0.2) is 12.3 Å². The van der Waals surface area contributed by atoms with Crippen LogP contribution in [0.25, 0.3) is 0 Å². The van der Waals surface area contributed by atoms with Crippen LogP contribution in [0.15, 0.2) is 47.5 Å². The summed E-state index contributed by atoms with van der Waals surface area (Å²) in [6.45, 7) is 2.93. The van der Waals surface area contributed by atoms with Crippen LogP contribution in [0.4, 0.5) is 0 Å². The summed E-state index contributed by atoms with van der Waals surface area (Å²) in [4.78, 5) is 4.42. The van der Waals surface area contributed by atoms with Crippen LogP contribution < -0.4 is 0 Å². The minimum atomic E-state index is 0.477. The fraction of sp³-hybridized carbons (Fsp3) is 0.250. The number of dihydropyridines is 1. The van der Waals surface area contributed by atoms with E-state index < -0.39 is 0 Å². The van der Waals surface area contributed by atoms with E-state index >= 15 is 0 Å². The summed E-state index contributed by atoms with van der Waals surface area (Å²) in [5.74, 6) is 0.477. The molecule has 13 heavy (non-hydrogen) atoms. The zero-order chi connectivity index (χ0) is 9.10. The Kier molecular flexibility index (Phi) is 2.26. The number of nitrogens with zero attached hydrogens (tertiary/aromatic N) is 1. The van der Waals surface area contributed by atoms with E-state index in [0.717, 1.165) is 12.3 Å². The maximum atomic E-state index is 4.42. The quantitative estimate of drug-likeness (QED) is 0.616. The first-order valence-electron chi connectivity index (χ1n) is 4.60. The molecular weight excluding hydrogens is 158 g/mol. The predicted octanol–water partition coefficient (Wildman–Crippen LogP) is 2.80. The van der Waals surface area contributed by atoms with Crippen LogP contribution in [0, 0.1) is 0 Å². The molecule has 66 valence electrons. The highest BCUT2D eigenvalue weighted by Crippen LogP contribution is 2.19. The number of hydrogen-bond acceptors (Lipinski definition) is 1. The van der Waals surface area contributed by atoms with Crippen molar-refractivity contribution in [3.05, 3.63) is 48.0 Å². The highest BCUT2D eigenvalue weighted by Gasteiger charge is 2.09. The fourth-order valence-electron chi connectivity index (χ4n) is 1.53. The molecule has 2 rings (SSSR count). The van der Waals surface area contributed by atoms with Crippen LogP contribution >= 0.6 is 0 Å². The van der Waals surface area contributed by atoms with Gasteiger partial charge in [-0.3, -0.25) is 4.99 Å². The number of allylic oxidation sites excluding steroid dienone is 1. The third-order valence-electron chi connectivity index (χ3n) is 2.33. The lowest BCUT2D eigenvalue weighted by molar-refractivity contribution is 0.840. The zero-order valence-electron chi connectivity index (χ0n) is 7.77. The van der Waals surface area contributed by atoms with Gasteiger partial charge in [-0.05, 0) is 18.6 Å². The van der Waals surface area contributed by atoms with E-state index in [9.17, 15) is 0 Å². The largest absolute Gasteiger partial charge is 0.289 e. The summed E-state index contributed by atoms with van der Waals surface area (Å²) >= 11 is 0. The van der Waals surface area contributed by atoms with Gasteiger partial charge in [0.15, 0.2) is 0 Å². The summed E-state index contributed by atoms with van der Waals surface area (Å²) in [5, 5.41) is 0. The summed E-state index contributed by atoms with van der Waals surface area (Å²) in [6, 6.07) is 10.5. The molecule has 0 fully saturated rings. The first-order valence-corrected chi connectivity index (χ1v) is 4.60. The molecule has 1 aromatic carbocycles. The highest BCUT2D eigenvalue weighted by molar-refractivity contribution is 5.93. The maximum absolute atomic E-state index is 4.42. The predicted molar refractivity (Wildman–Crippen MR) is 56.3 cm³/mol. The molecule has 0 bridgehead atoms. The third kappa shape index (κ3) is 1.86. The Balaban J connectivity index is 2.18. The molecule has 1 atom stereocenters. The fourth-order valence-corrected chi connectivity index (χ4v) is 1.53. The molecule has 0 amide bonds. The summed E-state index contributed by atoms with van der Waals surface area (Å²) in [5.41, 5.74) is 2.49. The summed E-state index contributed by atoms with van der Waals surface area (Å²) in [7, 11) is 0. The van der Waals surface area contributed by atoms with E-state index in [1.54, 1.807) is 0 Å². The van der Waals surface area contributed by atoms with Gasteiger partial charge >= 0.3 is 0 Å². The molecular formula is C12H13N. The molecule has 0 aromatic heterocycles. The van der Waals surface area contributed by atoms with E-state index in [-0.39, 0.29) is 0 Å². The normalized spacial score (nSPS) is 21.3. The van der Waals surface area contributed by atoms with Gasteiger partial charge in [-0.15, -0.1) is 0 Å². The smallest absolute Gasteiger partial charge is 0.0496 e. The lowest BCUT2D eigenvalue weighted by atomic mass is 9.97. The Morgan fingerprint density at radius 1 is 1.23 bits per heavy atom. The topological polar surface area (TPSA) is 12.4 Å². The molecule has 0 saturated carbocycles. The van der Waals surface area contributed by atoms with Crippen molar-refractivity contribution in [3.8, 4) is 0 Å². The Bertz CT molecular complexity index is 335. The lowest BCUT2D eigenvalue weighted by Gasteiger charge is -2.14. The minimum absolute atomic E-state index is 0.477. The highest BCUT2D eigenvalue weighted by atomic mass is 14.7. The number of rotatable bonds is 1. The van der Waals surface area contributed by atoms with Crippen molar-refractivity contribution in [1.82, 2.24) is 0 Å². The van der Waals surface area contributed by atoms with Gasteiger partial charge in [0.2, 0.25) is 0 Å². The molecule has 0 saturated heterocycles. The van der Waals surface area contributed by atoms with Gasteiger partial charge in [-0.25, -0.2) is 0 Å². The monoisotopic (exact) mass is 171 g/mol. The second-order valence-corrected chi connectivity index (χ2v) is 3.36. The van der Waals surface area contributed by atoms with E-state index in [0.29, 0.717) is 5.92 Å². The van der Waals surface area contributed by atoms with Crippen molar-refractivity contribution in [2.45, 2.75) is 12.8 Å². The van der Waals surface area contributed by atoms with Crippen LogP contribution in [0.5, 0.6) is 0 Å². The van der Waals surface area contributed by atoms with E-state index in [1.807, 2.05) is 13.0 Å². The number of benzene rings is 1. The Hall–Kier alpha value is -1.37. The van der Waals surface area contributed by atoms with Gasteiger partial charge in [0.1, 0.15) is 0 Å². The molecule has 1 aromatic rings. The van der Waals surface area contributed by atoms with Crippen molar-refractivity contribution >= 4 is 5.71 Å². The van der Waals surface area contributed by atoms with Gasteiger partial charge < -0.3 is 0 Å². The van der Waals surface area contributed by atoms with Crippen LogP contribution in [0.2, 0.25) is 0 Å². The number of aliphatic imine (C=N–C) groups is 1. The average molecular weight is 171 g/mol. The van der Waals surface area contributed by atoms with Gasteiger partial charge in [0, 0.05) is 18.2 Å². The average Bonchev–Trinajstić information content (AvgIpc) is 2.20. The minimum Gasteiger partial charge on any atom is -0.289 e. The molecule has 1 aliphatic heterocycles. The van der Waals surface area contributed by atoms with Gasteiger partial charge in [0.05, 0.1) is 0 Å². The molecule has 1 heteroatoms. The molecule has 0 radical (unpaired) electrons. The molecule has 1 nitrogen and oxygen atoms in total. The SMILES string of the molecule is CC1=NCC(c2ccccc2)C=C1. The second kappa shape index (κ2) is 3.56. The van der Waals surface area contributed by atoms with Crippen molar-refractivity contribution in [2.75, 3.05) is 6.54 Å². The first kappa shape index (κ1) is 8.24. The molecule has 1 unspecified atom stereocenters. The molecule has 0 N–H and O–H groups in total. The third-order valence-corrected chi connectivity index (χ3v) is 2.33. The van der Waals surface area contributed by atoms with Crippen molar-refractivity contribution in [1.29, 1.82) is 0 Å². The Labute approximate surface area is 78.8 Å². The second-order valence-electron chi connectivity index (χ2n) is 3.36. The molecule has 1 heterocycles. The van der Waals surface area contributed by atoms with Crippen LogP contribution in [-0.2, 0) is 0 Å². The molecule has 0 aliphatic carbocycles. The maximum Gasteiger partial charge on any atom is 0.0496 e. The van der Waals surface area contributed by atoms with Crippen molar-refractivity contribution < 1.29 is 0 Å². The standard InChI is InChI=1S/C12H13N/c1-10-7-8-12(9-13-10)11-5-3-2-4-6-11/h2-8,12H,9H2,1H3. The van der Waals surface area contributed by atoms with Gasteiger partial charge in [0.25, 0.3) is 0 Å². The Morgan fingerprint density at radius 3 is 2.62 bits per heavy atom. The first-order chi connectivity index (χ1) is 6.36. The van der Waals surface area contributed by atoms with Crippen molar-refractivity contribution in [2.24, 2.45) is 4.99 Å². The Morgan fingerprint density at radius 2 is 2.00 bits per heavy atom. The zero-order valence-corrected chi connectivity index (χ0v) is 7.77. The van der Waals surface area contributed by atoms with E-state index in [1.165, 1.54) is 5.56 Å². The lowest BCUT2D eigenvalue weighted by Crippen LogP contribution is -2.06. The molecule has 1 aliphatic rings. The van der Waals surface area contributed by atoms with Crippen LogP contribution in [0.1, 0.15) is 18.4 Å². The summed E-state index contributed by atoms with van der Waals surface area (Å²) < 4.78 is 0. The summed E-state index contributed by atoms with van der Waals surface area (Å²) in [6.07, 6.45) is 4.33. The molecule has 0 spiro atoms. The van der Waals surface area contributed by atoms with Crippen molar-refractivity contribution in [3.63, 3.8) is 0 Å². The van der Waals surface area contributed by atoms with Gasteiger partial charge in [-0.1, -0.05) is 36.4 Å². The van der Waals surface area contributed by atoms with E-state index in [2.05, 4.69) is 41.4 Å². The number of hydrogen-bond donors (Lipinski definition) is 0. The van der Waals surface area contributed by atoms with E-state index in [4.69, 9.17) is 0 Å². The van der Waals surface area contributed by atoms with Gasteiger partial charge in [-0.2, -0.15) is 0 Å². The van der Waals surface area contributed by atoms with Crippen LogP contribution in [0.3, 0.4) is 0 Å².